The van der Waals surface area contributed by atoms with Gasteiger partial charge in [0.15, 0.2) is 5.16 Å². The Morgan fingerprint density at radius 2 is 2.33 bits per heavy atom. The van der Waals surface area contributed by atoms with Crippen molar-refractivity contribution in [2.75, 3.05) is 11.1 Å². The highest BCUT2D eigenvalue weighted by atomic mass is 35.5. The van der Waals surface area contributed by atoms with Gasteiger partial charge in [-0.3, -0.25) is 4.79 Å². The van der Waals surface area contributed by atoms with Crippen molar-refractivity contribution in [1.29, 1.82) is 0 Å². The quantitative estimate of drug-likeness (QED) is 0.858. The molecule has 5 nitrogen and oxygen atoms in total. The first-order valence-corrected chi connectivity index (χ1v) is 7.77. The maximum atomic E-state index is 13.0. The molecule has 1 fully saturated rings. The molecule has 0 bridgehead atoms. The van der Waals surface area contributed by atoms with Crippen LogP contribution >= 0.6 is 23.4 Å². The van der Waals surface area contributed by atoms with Crippen molar-refractivity contribution in [2.45, 2.75) is 24.0 Å². The summed E-state index contributed by atoms with van der Waals surface area (Å²) in [5.74, 6) is -0.505. The molecule has 0 saturated heterocycles. The van der Waals surface area contributed by atoms with Gasteiger partial charge in [0.2, 0.25) is 5.91 Å². The van der Waals surface area contributed by atoms with E-state index in [1.165, 1.54) is 30.0 Å². The summed E-state index contributed by atoms with van der Waals surface area (Å²) in [4.78, 5) is 11.9. The normalized spacial score (nSPS) is 14.2. The highest BCUT2D eigenvalue weighted by Crippen LogP contribution is 2.37. The van der Waals surface area contributed by atoms with Gasteiger partial charge in [0.25, 0.3) is 0 Å². The molecule has 2 aromatic rings. The van der Waals surface area contributed by atoms with Crippen molar-refractivity contribution in [3.63, 3.8) is 0 Å². The van der Waals surface area contributed by atoms with Crippen LogP contribution in [0, 0.1) is 5.82 Å². The topological polar surface area (TPSA) is 59.8 Å². The molecule has 1 N–H and O–H groups in total. The van der Waals surface area contributed by atoms with E-state index in [0.717, 1.165) is 18.0 Å². The van der Waals surface area contributed by atoms with Crippen LogP contribution in [0.1, 0.15) is 18.9 Å². The molecule has 1 saturated carbocycles. The van der Waals surface area contributed by atoms with Gasteiger partial charge in [-0.05, 0) is 31.0 Å². The number of hydrogen-bond donors (Lipinski definition) is 1. The number of thioether (sulfide) groups is 1. The zero-order valence-electron chi connectivity index (χ0n) is 10.9. The Kier molecular flexibility index (Phi) is 4.12. The second-order valence-corrected chi connectivity index (χ2v) is 6.07. The first-order valence-electron chi connectivity index (χ1n) is 6.40. The lowest BCUT2D eigenvalue weighted by atomic mass is 10.3. The number of nitrogens with zero attached hydrogens (tertiary/aromatic N) is 3. The van der Waals surface area contributed by atoms with Gasteiger partial charge >= 0.3 is 0 Å². The van der Waals surface area contributed by atoms with Crippen molar-refractivity contribution in [3.05, 3.63) is 35.4 Å². The molecule has 0 radical (unpaired) electrons. The van der Waals surface area contributed by atoms with E-state index in [1.54, 1.807) is 6.33 Å². The molecule has 1 heterocycles. The molecule has 0 spiro atoms. The Balaban J connectivity index is 1.56. The monoisotopic (exact) mass is 326 g/mol. The minimum absolute atomic E-state index is 0.0195. The second-order valence-electron chi connectivity index (χ2n) is 4.72. The number of benzene rings is 1. The molecular weight excluding hydrogens is 315 g/mol. The van der Waals surface area contributed by atoms with Crippen molar-refractivity contribution < 1.29 is 9.18 Å². The van der Waals surface area contributed by atoms with E-state index < -0.39 is 5.82 Å². The molecule has 8 heteroatoms. The third-order valence-corrected chi connectivity index (χ3v) is 4.26. The Labute approximate surface area is 129 Å². The van der Waals surface area contributed by atoms with Crippen LogP contribution in [0.15, 0.2) is 29.7 Å². The van der Waals surface area contributed by atoms with Gasteiger partial charge < -0.3 is 9.88 Å². The first-order chi connectivity index (χ1) is 10.1. The van der Waals surface area contributed by atoms with Crippen LogP contribution in [-0.2, 0) is 4.79 Å². The highest BCUT2D eigenvalue weighted by molar-refractivity contribution is 7.99. The summed E-state index contributed by atoms with van der Waals surface area (Å²) in [6.45, 7) is 0. The Hall–Kier alpha value is -1.60. The van der Waals surface area contributed by atoms with Crippen LogP contribution in [-0.4, -0.2) is 26.4 Å². The van der Waals surface area contributed by atoms with Gasteiger partial charge in [-0.15, -0.1) is 10.2 Å². The predicted octanol–water partition coefficient (Wildman–Crippen LogP) is 3.14. The fraction of sp³-hybridized carbons (Fsp3) is 0.308. The molecule has 0 atom stereocenters. The lowest BCUT2D eigenvalue weighted by molar-refractivity contribution is -0.113. The van der Waals surface area contributed by atoms with Crippen molar-refractivity contribution in [2.24, 2.45) is 0 Å². The summed E-state index contributed by atoms with van der Waals surface area (Å²) in [5, 5.41) is 11.3. The number of hydrogen-bond acceptors (Lipinski definition) is 4. The van der Waals surface area contributed by atoms with Gasteiger partial charge in [0.05, 0.1) is 10.8 Å². The summed E-state index contributed by atoms with van der Waals surface area (Å²) in [7, 11) is 0. The summed E-state index contributed by atoms with van der Waals surface area (Å²) < 4.78 is 15.0. The lowest BCUT2D eigenvalue weighted by Gasteiger charge is -2.06. The van der Waals surface area contributed by atoms with E-state index in [0.29, 0.717) is 11.7 Å². The number of amides is 1. The average Bonchev–Trinajstić information content (AvgIpc) is 3.19. The molecule has 3 rings (SSSR count). The average molecular weight is 327 g/mol. The Morgan fingerprint density at radius 1 is 1.52 bits per heavy atom. The summed E-state index contributed by atoms with van der Waals surface area (Å²) in [6.07, 6.45) is 3.95. The minimum Gasteiger partial charge on any atom is -0.325 e. The van der Waals surface area contributed by atoms with E-state index in [1.807, 2.05) is 4.57 Å². The van der Waals surface area contributed by atoms with Crippen molar-refractivity contribution in [1.82, 2.24) is 14.8 Å². The van der Waals surface area contributed by atoms with E-state index in [2.05, 4.69) is 15.5 Å². The van der Waals surface area contributed by atoms with E-state index in [9.17, 15) is 9.18 Å². The maximum Gasteiger partial charge on any atom is 0.234 e. The largest absolute Gasteiger partial charge is 0.325 e. The third-order valence-electron chi connectivity index (χ3n) is 3.02. The molecule has 21 heavy (non-hydrogen) atoms. The molecule has 110 valence electrons. The molecule has 1 amide bonds. The summed E-state index contributed by atoms with van der Waals surface area (Å²) >= 11 is 6.99. The molecule has 0 unspecified atom stereocenters. The van der Waals surface area contributed by atoms with E-state index in [4.69, 9.17) is 11.6 Å². The maximum absolute atomic E-state index is 13.0. The fourth-order valence-corrected chi connectivity index (χ4v) is 2.80. The van der Waals surface area contributed by atoms with Crippen LogP contribution in [0.2, 0.25) is 5.02 Å². The van der Waals surface area contributed by atoms with E-state index in [-0.39, 0.29) is 16.7 Å². The van der Waals surface area contributed by atoms with Gasteiger partial charge in [-0.25, -0.2) is 4.39 Å². The summed E-state index contributed by atoms with van der Waals surface area (Å²) in [5.41, 5.74) is 0.468. The number of aromatic nitrogens is 3. The number of halogens is 2. The van der Waals surface area contributed by atoms with Crippen LogP contribution in [0.25, 0.3) is 0 Å². The standard InChI is InChI=1S/C13H12ClFN4OS/c14-10-5-8(1-4-11(10)15)17-12(20)6-21-13-18-16-7-19(13)9-2-3-9/h1,4-5,7,9H,2-3,6H2,(H,17,20). The Morgan fingerprint density at radius 3 is 3.05 bits per heavy atom. The van der Waals surface area contributed by atoms with Crippen LogP contribution in [0.5, 0.6) is 0 Å². The molecule has 1 aromatic carbocycles. The SMILES string of the molecule is O=C(CSc1nncn1C1CC1)Nc1ccc(F)c(Cl)c1. The lowest BCUT2D eigenvalue weighted by Crippen LogP contribution is -2.14. The van der Waals surface area contributed by atoms with Gasteiger partial charge in [-0.2, -0.15) is 0 Å². The number of anilines is 1. The highest BCUT2D eigenvalue weighted by Gasteiger charge is 2.26. The van der Waals surface area contributed by atoms with E-state index >= 15 is 0 Å². The number of carbonyl (C=O) groups is 1. The zero-order chi connectivity index (χ0) is 14.8. The molecule has 1 aromatic heterocycles. The van der Waals surface area contributed by atoms with Crippen LogP contribution < -0.4 is 5.32 Å². The number of nitrogens with one attached hydrogen (secondary N) is 1. The molecule has 0 aliphatic heterocycles. The van der Waals surface area contributed by atoms with Crippen molar-refractivity contribution >= 4 is 35.0 Å². The fourth-order valence-electron chi connectivity index (χ4n) is 1.84. The molecule has 1 aliphatic rings. The first kappa shape index (κ1) is 14.3. The Bertz CT molecular complexity index is 674. The van der Waals surface area contributed by atoms with Crippen LogP contribution in [0.4, 0.5) is 10.1 Å². The third kappa shape index (κ3) is 3.54. The minimum atomic E-state index is -0.512. The van der Waals surface area contributed by atoms with Gasteiger partial charge in [0, 0.05) is 11.7 Å². The molecule has 1 aliphatic carbocycles. The van der Waals surface area contributed by atoms with Crippen molar-refractivity contribution in [3.8, 4) is 0 Å². The molecular formula is C13H12ClFN4OS. The summed E-state index contributed by atoms with van der Waals surface area (Å²) in [6, 6.07) is 4.54. The van der Waals surface area contributed by atoms with Crippen LogP contribution in [0.3, 0.4) is 0 Å². The zero-order valence-corrected chi connectivity index (χ0v) is 12.5. The van der Waals surface area contributed by atoms with Gasteiger partial charge in [0.1, 0.15) is 12.1 Å². The number of rotatable bonds is 5. The van der Waals surface area contributed by atoms with Gasteiger partial charge in [-0.1, -0.05) is 23.4 Å². The number of carbonyl (C=O) groups excluding carboxylic acids is 1. The predicted molar refractivity (Wildman–Crippen MR) is 79.1 cm³/mol. The smallest absolute Gasteiger partial charge is 0.234 e. The second kappa shape index (κ2) is 6.03.